The van der Waals surface area contributed by atoms with Crippen molar-refractivity contribution in [3.63, 3.8) is 0 Å². The minimum absolute atomic E-state index is 0.0333. The summed E-state index contributed by atoms with van der Waals surface area (Å²) in [6.07, 6.45) is 4.14. The number of hydrogen-bond acceptors (Lipinski definition) is 6. The van der Waals surface area contributed by atoms with E-state index in [0.29, 0.717) is 18.1 Å². The predicted molar refractivity (Wildman–Crippen MR) is 127 cm³/mol. The molecule has 8 nitrogen and oxygen atoms in total. The maximum atomic E-state index is 12.7. The van der Waals surface area contributed by atoms with Gasteiger partial charge in [0.25, 0.3) is 0 Å². The molecule has 4 heterocycles. The molecule has 8 heteroatoms. The Hall–Kier alpha value is -3.42. The van der Waals surface area contributed by atoms with Gasteiger partial charge in [0, 0.05) is 31.0 Å². The van der Waals surface area contributed by atoms with Crippen LogP contribution in [0.3, 0.4) is 0 Å². The van der Waals surface area contributed by atoms with Crippen molar-refractivity contribution in [3.8, 4) is 11.6 Å². The van der Waals surface area contributed by atoms with Crippen LogP contribution in [0.5, 0.6) is 5.75 Å². The van der Waals surface area contributed by atoms with Gasteiger partial charge in [-0.05, 0) is 69.9 Å². The van der Waals surface area contributed by atoms with Crippen molar-refractivity contribution < 1.29 is 9.53 Å². The predicted octanol–water partition coefficient (Wildman–Crippen LogP) is 4.22. The first kappa shape index (κ1) is 21.4. The molecule has 33 heavy (non-hydrogen) atoms. The Morgan fingerprint density at radius 2 is 1.70 bits per heavy atom. The Morgan fingerprint density at radius 1 is 1.00 bits per heavy atom. The number of aryl methyl sites for hydroxylation is 1. The van der Waals surface area contributed by atoms with Crippen molar-refractivity contribution in [1.82, 2.24) is 20.0 Å². The third-order valence-electron chi connectivity index (χ3n) is 6.29. The van der Waals surface area contributed by atoms with E-state index in [2.05, 4.69) is 20.4 Å². The number of nitrogens with zero attached hydrogens (tertiary/aromatic N) is 5. The number of rotatable bonds is 5. The van der Waals surface area contributed by atoms with Crippen LogP contribution in [0.4, 0.5) is 11.6 Å². The van der Waals surface area contributed by atoms with Gasteiger partial charge in [-0.3, -0.25) is 4.79 Å². The Balaban J connectivity index is 1.46. The lowest BCUT2D eigenvalue weighted by Gasteiger charge is -2.27. The molecule has 2 aromatic heterocycles. The summed E-state index contributed by atoms with van der Waals surface area (Å²) in [5, 5.41) is 16.7. The largest absolute Gasteiger partial charge is 0.491 e. The Kier molecular flexibility index (Phi) is 5.74. The van der Waals surface area contributed by atoms with Crippen LogP contribution in [-0.4, -0.2) is 45.1 Å². The van der Waals surface area contributed by atoms with Gasteiger partial charge < -0.3 is 15.0 Å². The van der Waals surface area contributed by atoms with Gasteiger partial charge in [0.1, 0.15) is 11.6 Å². The summed E-state index contributed by atoms with van der Waals surface area (Å²) in [7, 11) is 0. The third-order valence-corrected chi connectivity index (χ3v) is 6.29. The van der Waals surface area contributed by atoms with Gasteiger partial charge in [-0.1, -0.05) is 12.1 Å². The monoisotopic (exact) mass is 446 g/mol. The highest BCUT2D eigenvalue weighted by atomic mass is 16.5. The van der Waals surface area contributed by atoms with Gasteiger partial charge in [-0.25, -0.2) is 0 Å². The van der Waals surface area contributed by atoms with Crippen LogP contribution in [0, 0.1) is 6.92 Å². The van der Waals surface area contributed by atoms with E-state index in [4.69, 9.17) is 9.84 Å². The normalized spacial score (nSPS) is 18.2. The van der Waals surface area contributed by atoms with Crippen LogP contribution in [0.15, 0.2) is 36.4 Å². The number of hydrogen-bond donors (Lipinski definition) is 1. The molecule has 0 unspecified atom stereocenters. The number of ether oxygens (including phenoxy) is 1. The Bertz CT molecular complexity index is 1130. The van der Waals surface area contributed by atoms with Crippen molar-refractivity contribution in [1.29, 1.82) is 0 Å². The first-order valence-corrected chi connectivity index (χ1v) is 11.7. The number of benzene rings is 1. The smallest absolute Gasteiger partial charge is 0.226 e. The highest BCUT2D eigenvalue weighted by Gasteiger charge is 2.33. The van der Waals surface area contributed by atoms with Gasteiger partial charge in [0.2, 0.25) is 5.91 Å². The van der Waals surface area contributed by atoms with E-state index in [-0.39, 0.29) is 17.9 Å². The second-order valence-corrected chi connectivity index (χ2v) is 9.10. The molecule has 0 bridgehead atoms. The molecule has 0 aliphatic carbocycles. The van der Waals surface area contributed by atoms with Crippen LogP contribution >= 0.6 is 0 Å². The van der Waals surface area contributed by atoms with Crippen LogP contribution in [0.2, 0.25) is 0 Å². The summed E-state index contributed by atoms with van der Waals surface area (Å²) >= 11 is 0. The fourth-order valence-corrected chi connectivity index (χ4v) is 4.77. The quantitative estimate of drug-likeness (QED) is 0.632. The summed E-state index contributed by atoms with van der Waals surface area (Å²) in [5.74, 6) is 2.88. The van der Waals surface area contributed by atoms with E-state index >= 15 is 0 Å². The average molecular weight is 447 g/mol. The molecule has 0 saturated carbocycles. The molecule has 5 rings (SSSR count). The van der Waals surface area contributed by atoms with Crippen LogP contribution < -0.4 is 15.0 Å². The molecular weight excluding hydrogens is 416 g/mol. The highest BCUT2D eigenvalue weighted by molar-refractivity contribution is 5.95. The molecule has 1 N–H and O–H groups in total. The zero-order chi connectivity index (χ0) is 22.9. The maximum absolute atomic E-state index is 12.7. The number of carbonyl (C=O) groups excluding carboxylic acids is 1. The average Bonchev–Trinajstić information content (AvgIpc) is 3.15. The number of piperidine rings is 1. The summed E-state index contributed by atoms with van der Waals surface area (Å²) in [6, 6.07) is 11.9. The lowest BCUT2D eigenvalue weighted by atomic mass is 9.86. The molecule has 1 fully saturated rings. The molecule has 2 aliphatic heterocycles. The van der Waals surface area contributed by atoms with E-state index in [0.717, 1.165) is 41.5 Å². The topological polar surface area (TPSA) is 85.2 Å². The molecule has 1 amide bonds. The molecule has 3 aromatic rings. The van der Waals surface area contributed by atoms with Gasteiger partial charge in [0.05, 0.1) is 11.8 Å². The van der Waals surface area contributed by atoms with Crippen molar-refractivity contribution in [2.75, 3.05) is 23.3 Å². The van der Waals surface area contributed by atoms with E-state index < -0.39 is 0 Å². The van der Waals surface area contributed by atoms with Crippen molar-refractivity contribution in [2.45, 2.75) is 58.5 Å². The maximum Gasteiger partial charge on any atom is 0.226 e. The summed E-state index contributed by atoms with van der Waals surface area (Å²) in [5.41, 5.74) is 2.96. The SMILES string of the molecule is Cc1nn(-c2ccc(N3CCCCC3)nn2)c2c1[C@@H](c1ccc(OC(C)C)cc1)CC(=O)N2. The van der Waals surface area contributed by atoms with Gasteiger partial charge in [0.15, 0.2) is 11.6 Å². The number of anilines is 2. The lowest BCUT2D eigenvalue weighted by molar-refractivity contribution is -0.116. The van der Waals surface area contributed by atoms with E-state index in [9.17, 15) is 4.79 Å². The second-order valence-electron chi connectivity index (χ2n) is 9.10. The molecule has 0 spiro atoms. The van der Waals surface area contributed by atoms with E-state index in [1.165, 1.54) is 19.3 Å². The zero-order valence-corrected chi connectivity index (χ0v) is 19.4. The van der Waals surface area contributed by atoms with E-state index in [1.54, 1.807) is 4.68 Å². The molecule has 172 valence electrons. The van der Waals surface area contributed by atoms with Gasteiger partial charge in [-0.15, -0.1) is 10.2 Å². The van der Waals surface area contributed by atoms with Crippen LogP contribution in [-0.2, 0) is 4.79 Å². The molecule has 1 atom stereocenters. The summed E-state index contributed by atoms with van der Waals surface area (Å²) < 4.78 is 7.48. The standard InChI is InChI=1S/C25H30N6O2/c1-16(2)33-19-9-7-18(8-10-19)20-15-23(32)26-25-24(20)17(3)29-31(25)22-12-11-21(27-28-22)30-13-5-4-6-14-30/h7-12,16,20H,4-6,13-15H2,1-3H3,(H,26,32)/t20-/m1/s1. The summed E-state index contributed by atoms with van der Waals surface area (Å²) in [4.78, 5) is 14.9. The van der Waals surface area contributed by atoms with Crippen molar-refractivity contribution in [2.24, 2.45) is 0 Å². The fraction of sp³-hybridized carbons (Fsp3) is 0.440. The first-order valence-electron chi connectivity index (χ1n) is 11.7. The number of nitrogens with one attached hydrogen (secondary N) is 1. The Morgan fingerprint density at radius 3 is 2.36 bits per heavy atom. The minimum Gasteiger partial charge on any atom is -0.491 e. The zero-order valence-electron chi connectivity index (χ0n) is 19.4. The molecule has 2 aliphatic rings. The number of aromatic nitrogens is 4. The van der Waals surface area contributed by atoms with Crippen molar-refractivity contribution in [3.05, 3.63) is 53.2 Å². The molecular formula is C25H30N6O2. The van der Waals surface area contributed by atoms with Crippen molar-refractivity contribution >= 4 is 17.5 Å². The molecule has 0 radical (unpaired) electrons. The molecule has 1 saturated heterocycles. The highest BCUT2D eigenvalue weighted by Crippen LogP contribution is 2.40. The molecule has 1 aromatic carbocycles. The minimum atomic E-state index is -0.0730. The third kappa shape index (κ3) is 4.29. The van der Waals surface area contributed by atoms with Crippen LogP contribution in [0.1, 0.15) is 62.3 Å². The number of fused-ring (bicyclic) bond motifs is 1. The van der Waals surface area contributed by atoms with E-state index in [1.807, 2.05) is 57.2 Å². The van der Waals surface area contributed by atoms with Gasteiger partial charge in [-0.2, -0.15) is 9.78 Å². The fourth-order valence-electron chi connectivity index (χ4n) is 4.77. The van der Waals surface area contributed by atoms with Gasteiger partial charge >= 0.3 is 0 Å². The van der Waals surface area contributed by atoms with Crippen LogP contribution in [0.25, 0.3) is 5.82 Å². The lowest BCUT2D eigenvalue weighted by Crippen LogP contribution is -2.30. The number of amides is 1. The second kappa shape index (κ2) is 8.84. The summed E-state index contributed by atoms with van der Waals surface area (Å²) in [6.45, 7) is 8.02. The Labute approximate surface area is 194 Å². The first-order chi connectivity index (χ1) is 16.0. The number of carbonyl (C=O) groups is 1.